The first-order valence-corrected chi connectivity index (χ1v) is 20.9. The van der Waals surface area contributed by atoms with Gasteiger partial charge in [-0.2, -0.15) is 0 Å². The lowest BCUT2D eigenvalue weighted by Gasteiger charge is -2.11. The van der Waals surface area contributed by atoms with Gasteiger partial charge in [-0.1, -0.05) is 170 Å². The molecule has 3 aromatic heterocycles. The van der Waals surface area contributed by atoms with Crippen molar-refractivity contribution in [3.8, 4) is 73.2 Å². The van der Waals surface area contributed by atoms with E-state index in [1.54, 1.807) is 0 Å². The van der Waals surface area contributed by atoms with Gasteiger partial charge in [0, 0.05) is 49.5 Å². The van der Waals surface area contributed by atoms with Crippen LogP contribution in [-0.2, 0) is 0 Å². The molecule has 9 aromatic carbocycles. The van der Waals surface area contributed by atoms with Crippen molar-refractivity contribution in [3.05, 3.63) is 218 Å². The Morgan fingerprint density at radius 2 is 0.887 bits per heavy atom. The summed E-state index contributed by atoms with van der Waals surface area (Å²) in [6.45, 7) is 0. The summed E-state index contributed by atoms with van der Waals surface area (Å²) in [5.41, 5.74) is 14.3. The Kier molecular flexibility index (Phi) is 8.42. The van der Waals surface area contributed by atoms with Crippen LogP contribution in [0.25, 0.3) is 117 Å². The number of para-hydroxylation sites is 2. The van der Waals surface area contributed by atoms with E-state index < -0.39 is 0 Å². The third kappa shape index (κ3) is 5.98. The largest absolute Gasteiger partial charge is 0.455 e. The lowest BCUT2D eigenvalue weighted by molar-refractivity contribution is 0.670. The molecule has 5 nitrogen and oxygen atoms in total. The van der Waals surface area contributed by atoms with Crippen molar-refractivity contribution in [3.63, 3.8) is 0 Å². The van der Waals surface area contributed by atoms with Crippen molar-refractivity contribution < 1.29 is 4.42 Å². The van der Waals surface area contributed by atoms with E-state index >= 15 is 0 Å². The van der Waals surface area contributed by atoms with E-state index in [2.05, 4.69) is 187 Å². The summed E-state index contributed by atoms with van der Waals surface area (Å²) in [6, 6.07) is 76.2. The molecule has 0 atom stereocenters. The first kappa shape index (κ1) is 35.5. The van der Waals surface area contributed by atoms with Gasteiger partial charge in [-0.3, -0.25) is 0 Å². The summed E-state index contributed by atoms with van der Waals surface area (Å²) in [4.78, 5) is 15.7. The van der Waals surface area contributed by atoms with E-state index in [-0.39, 0.29) is 0 Å². The molecule has 0 radical (unpaired) electrons. The van der Waals surface area contributed by atoms with E-state index in [1.807, 2.05) is 36.4 Å². The van der Waals surface area contributed by atoms with Crippen LogP contribution < -0.4 is 0 Å². The van der Waals surface area contributed by atoms with Crippen LogP contribution in [0.3, 0.4) is 0 Å². The minimum Gasteiger partial charge on any atom is -0.455 e. The maximum absolute atomic E-state index is 6.81. The monoisotopic (exact) mass is 792 g/mol. The highest BCUT2D eigenvalue weighted by Crippen LogP contribution is 2.44. The summed E-state index contributed by atoms with van der Waals surface area (Å²) in [7, 11) is 0. The topological polar surface area (TPSA) is 56.7 Å². The second kappa shape index (κ2) is 14.7. The molecule has 0 fully saturated rings. The molecule has 0 N–H and O–H groups in total. The normalized spacial score (nSPS) is 11.5. The van der Waals surface area contributed by atoms with Crippen LogP contribution in [0.4, 0.5) is 0 Å². The molecule has 290 valence electrons. The van der Waals surface area contributed by atoms with Gasteiger partial charge in [-0.15, -0.1) is 0 Å². The zero-order valence-corrected chi connectivity index (χ0v) is 33.5. The van der Waals surface area contributed by atoms with Gasteiger partial charge < -0.3 is 8.98 Å². The van der Waals surface area contributed by atoms with E-state index in [0.717, 1.165) is 83.2 Å². The van der Waals surface area contributed by atoms with Crippen LogP contribution in [-0.4, -0.2) is 19.5 Å². The maximum Gasteiger partial charge on any atom is 0.164 e. The van der Waals surface area contributed by atoms with E-state index in [9.17, 15) is 0 Å². The third-order valence-electron chi connectivity index (χ3n) is 11.8. The van der Waals surface area contributed by atoms with Crippen molar-refractivity contribution in [2.45, 2.75) is 0 Å². The van der Waals surface area contributed by atoms with Crippen LogP contribution in [0.1, 0.15) is 0 Å². The zero-order chi connectivity index (χ0) is 41.0. The predicted octanol–water partition coefficient (Wildman–Crippen LogP) is 14.9. The van der Waals surface area contributed by atoms with Gasteiger partial charge in [0.2, 0.25) is 0 Å². The second-order valence-corrected chi connectivity index (χ2v) is 15.6. The van der Waals surface area contributed by atoms with E-state index in [0.29, 0.717) is 17.5 Å². The van der Waals surface area contributed by atoms with Crippen molar-refractivity contribution in [2.24, 2.45) is 0 Å². The fourth-order valence-corrected chi connectivity index (χ4v) is 9.03. The quantitative estimate of drug-likeness (QED) is 0.161. The zero-order valence-electron chi connectivity index (χ0n) is 33.5. The van der Waals surface area contributed by atoms with Crippen LogP contribution in [0.5, 0.6) is 0 Å². The molecule has 0 saturated carbocycles. The van der Waals surface area contributed by atoms with Gasteiger partial charge in [-0.25, -0.2) is 15.0 Å². The van der Waals surface area contributed by atoms with Crippen LogP contribution >= 0.6 is 0 Å². The molecule has 0 amide bonds. The predicted molar refractivity (Wildman–Crippen MR) is 254 cm³/mol. The number of hydrogen-bond acceptors (Lipinski definition) is 4. The summed E-state index contributed by atoms with van der Waals surface area (Å²) in [6.07, 6.45) is 0. The maximum atomic E-state index is 6.81. The molecule has 62 heavy (non-hydrogen) atoms. The Labute approximate surface area is 357 Å². The Balaban J connectivity index is 1.07. The number of nitrogens with zero attached hydrogens (tertiary/aromatic N) is 4. The molecule has 12 rings (SSSR count). The van der Waals surface area contributed by atoms with Gasteiger partial charge in [-0.05, 0) is 76.3 Å². The molecule has 12 aromatic rings. The number of benzene rings is 9. The van der Waals surface area contributed by atoms with Gasteiger partial charge in [0.1, 0.15) is 11.2 Å². The molecule has 0 aliphatic carbocycles. The molecule has 0 unspecified atom stereocenters. The highest BCUT2D eigenvalue weighted by Gasteiger charge is 2.22. The standard InChI is InChI=1S/C57H36N4O/c1-5-18-37(19-6-1)42-35-47(38-20-7-2-8-21-38)54-48(36-42)53-46(30-17-33-51(53)62-54)57-59-55(39-22-9-3-10-23-39)58-56(60-57)41-25-15-24-40(34-41)44-29-16-32-50-52(44)45-28-13-14-31-49(45)61(50)43-26-11-4-12-27-43/h1-36H. The number of furan rings is 1. The highest BCUT2D eigenvalue weighted by molar-refractivity contribution is 6.17. The van der Waals surface area contributed by atoms with E-state index in [4.69, 9.17) is 19.4 Å². The molecule has 0 aliphatic rings. The second-order valence-electron chi connectivity index (χ2n) is 15.6. The fraction of sp³-hybridized carbons (Fsp3) is 0. The summed E-state index contributed by atoms with van der Waals surface area (Å²) in [5.74, 6) is 1.77. The summed E-state index contributed by atoms with van der Waals surface area (Å²) < 4.78 is 9.16. The van der Waals surface area contributed by atoms with Crippen LogP contribution in [0.15, 0.2) is 223 Å². The lowest BCUT2D eigenvalue weighted by Crippen LogP contribution is -2.00. The number of rotatable bonds is 7. The fourth-order valence-electron chi connectivity index (χ4n) is 9.03. The first-order valence-electron chi connectivity index (χ1n) is 20.9. The molecule has 5 heteroatoms. The molecular weight excluding hydrogens is 757 g/mol. The number of hydrogen-bond donors (Lipinski definition) is 0. The average molecular weight is 793 g/mol. The lowest BCUT2D eigenvalue weighted by atomic mass is 9.95. The van der Waals surface area contributed by atoms with Crippen LogP contribution in [0.2, 0.25) is 0 Å². The minimum atomic E-state index is 0.576. The van der Waals surface area contributed by atoms with Crippen molar-refractivity contribution in [1.82, 2.24) is 19.5 Å². The van der Waals surface area contributed by atoms with Crippen molar-refractivity contribution in [1.29, 1.82) is 0 Å². The molecule has 0 bridgehead atoms. The Morgan fingerprint density at radius 3 is 1.66 bits per heavy atom. The Morgan fingerprint density at radius 1 is 0.323 bits per heavy atom. The number of fused-ring (bicyclic) bond motifs is 6. The SMILES string of the molecule is c1ccc(-c2cc(-c3ccccc3)c3oc4cccc(-c5nc(-c6ccccc6)nc(-c6cccc(-c7cccc8c7c7ccccc7n8-c7ccccc7)c6)n5)c4c3c2)cc1. The number of aromatic nitrogens is 4. The van der Waals surface area contributed by atoms with Crippen molar-refractivity contribution in [2.75, 3.05) is 0 Å². The van der Waals surface area contributed by atoms with Crippen molar-refractivity contribution >= 4 is 43.7 Å². The molecule has 0 aliphatic heterocycles. The molecular formula is C57H36N4O. The van der Waals surface area contributed by atoms with Gasteiger partial charge in [0.25, 0.3) is 0 Å². The van der Waals surface area contributed by atoms with Crippen LogP contribution in [0, 0.1) is 0 Å². The summed E-state index contributed by atoms with van der Waals surface area (Å²) in [5, 5.41) is 4.37. The highest BCUT2D eigenvalue weighted by atomic mass is 16.3. The summed E-state index contributed by atoms with van der Waals surface area (Å²) >= 11 is 0. The van der Waals surface area contributed by atoms with Gasteiger partial charge >= 0.3 is 0 Å². The van der Waals surface area contributed by atoms with E-state index in [1.165, 1.54) is 16.3 Å². The van der Waals surface area contributed by atoms with Gasteiger partial charge in [0.05, 0.1) is 11.0 Å². The Bertz CT molecular complexity index is 3610. The minimum absolute atomic E-state index is 0.576. The Hall–Kier alpha value is -8.41. The molecule has 3 heterocycles. The van der Waals surface area contributed by atoms with Gasteiger partial charge in [0.15, 0.2) is 17.5 Å². The third-order valence-corrected chi connectivity index (χ3v) is 11.8. The molecule has 0 saturated heterocycles. The first-order chi connectivity index (χ1) is 30.7. The smallest absolute Gasteiger partial charge is 0.164 e. The average Bonchev–Trinajstić information content (AvgIpc) is 3.91. The molecule has 0 spiro atoms.